The summed E-state index contributed by atoms with van der Waals surface area (Å²) in [6, 6.07) is 5.34. The van der Waals surface area contributed by atoms with Crippen LogP contribution in [0.3, 0.4) is 0 Å². The maximum absolute atomic E-state index is 11.4. The van der Waals surface area contributed by atoms with Crippen molar-refractivity contribution in [2.75, 3.05) is 6.61 Å². The topological polar surface area (TPSA) is 50.1 Å². The van der Waals surface area contributed by atoms with Crippen molar-refractivity contribution in [2.45, 2.75) is 19.2 Å². The Bertz CT molecular complexity index is 466. The van der Waals surface area contributed by atoms with Crippen LogP contribution in [0.4, 0.5) is 0 Å². The van der Waals surface area contributed by atoms with Crippen LogP contribution in [0.15, 0.2) is 12.1 Å². The Labute approximate surface area is 110 Å². The smallest absolute Gasteiger partial charge is 0.310 e. The zero-order valence-corrected chi connectivity index (χ0v) is 10.8. The lowest BCUT2D eigenvalue weighted by Crippen LogP contribution is -2.10. The summed E-state index contributed by atoms with van der Waals surface area (Å²) in [7, 11) is 0. The molecule has 17 heavy (non-hydrogen) atoms. The predicted octanol–water partition coefficient (Wildman–Crippen LogP) is 3.06. The van der Waals surface area contributed by atoms with Crippen molar-refractivity contribution in [3.05, 3.63) is 33.8 Å². The van der Waals surface area contributed by atoms with Crippen molar-refractivity contribution in [2.24, 2.45) is 0 Å². The lowest BCUT2D eigenvalue weighted by atomic mass is 10.0. The van der Waals surface area contributed by atoms with E-state index in [0.29, 0.717) is 28.3 Å². The highest BCUT2D eigenvalue weighted by Gasteiger charge is 2.15. The Hall–Kier alpha value is -1.24. The fourth-order valence-electron chi connectivity index (χ4n) is 1.45. The Morgan fingerprint density at radius 2 is 2.24 bits per heavy atom. The van der Waals surface area contributed by atoms with Gasteiger partial charge in [0, 0.05) is 10.9 Å². The lowest BCUT2D eigenvalue weighted by molar-refractivity contribution is -0.142. The number of halogens is 2. The van der Waals surface area contributed by atoms with Crippen LogP contribution in [0.25, 0.3) is 0 Å². The molecule has 0 spiro atoms. The maximum atomic E-state index is 11.4. The maximum Gasteiger partial charge on any atom is 0.310 e. The quantitative estimate of drug-likeness (QED) is 0.625. The number of hydrogen-bond donors (Lipinski definition) is 0. The highest BCUT2D eigenvalue weighted by Crippen LogP contribution is 2.25. The molecule has 1 aromatic carbocycles. The van der Waals surface area contributed by atoms with E-state index in [1.54, 1.807) is 19.1 Å². The number of alkyl halides is 1. The summed E-state index contributed by atoms with van der Waals surface area (Å²) in [5.41, 5.74) is 1.50. The molecular formula is C12H11Cl2NO2. The van der Waals surface area contributed by atoms with Crippen molar-refractivity contribution >= 4 is 29.2 Å². The summed E-state index contributed by atoms with van der Waals surface area (Å²) >= 11 is 11.7. The van der Waals surface area contributed by atoms with Crippen LogP contribution in [0.5, 0.6) is 0 Å². The monoisotopic (exact) mass is 271 g/mol. The van der Waals surface area contributed by atoms with E-state index < -0.39 is 5.97 Å². The molecule has 0 heterocycles. The van der Waals surface area contributed by atoms with Gasteiger partial charge >= 0.3 is 5.97 Å². The van der Waals surface area contributed by atoms with Gasteiger partial charge < -0.3 is 4.74 Å². The third-order valence-electron chi connectivity index (χ3n) is 2.22. The van der Waals surface area contributed by atoms with E-state index in [2.05, 4.69) is 0 Å². The second-order valence-corrected chi connectivity index (χ2v) is 3.96. The van der Waals surface area contributed by atoms with Gasteiger partial charge in [-0.15, -0.1) is 11.6 Å². The molecule has 0 saturated heterocycles. The molecule has 0 atom stereocenters. The van der Waals surface area contributed by atoms with Crippen molar-refractivity contribution < 1.29 is 9.53 Å². The largest absolute Gasteiger partial charge is 0.466 e. The van der Waals surface area contributed by atoms with Gasteiger partial charge in [-0.3, -0.25) is 4.79 Å². The zero-order valence-electron chi connectivity index (χ0n) is 9.30. The van der Waals surface area contributed by atoms with Crippen molar-refractivity contribution in [3.63, 3.8) is 0 Å². The summed E-state index contributed by atoms with van der Waals surface area (Å²) in [5, 5.41) is 9.46. The molecule has 0 aliphatic rings. The highest BCUT2D eigenvalue weighted by molar-refractivity contribution is 6.31. The van der Waals surface area contributed by atoms with Crippen molar-refractivity contribution in [3.8, 4) is 6.07 Å². The van der Waals surface area contributed by atoms with Crippen molar-refractivity contribution in [1.82, 2.24) is 0 Å². The first-order chi connectivity index (χ1) is 8.13. The molecule has 0 saturated carbocycles. The molecule has 0 aliphatic heterocycles. The molecule has 1 rings (SSSR count). The standard InChI is InChI=1S/C12H11Cl2NO2/c1-2-17-12(16)5-9-10(7-15)8(6-13)3-4-11(9)14/h3-4H,2,5-6H2,1H3. The molecule has 0 bridgehead atoms. The minimum Gasteiger partial charge on any atom is -0.466 e. The zero-order chi connectivity index (χ0) is 12.8. The van der Waals surface area contributed by atoms with Gasteiger partial charge in [-0.1, -0.05) is 17.7 Å². The summed E-state index contributed by atoms with van der Waals surface area (Å²) in [6.07, 6.45) is -0.0136. The minimum atomic E-state index is -0.405. The molecule has 3 nitrogen and oxygen atoms in total. The van der Waals surface area contributed by atoms with Crippen molar-refractivity contribution in [1.29, 1.82) is 5.26 Å². The average Bonchev–Trinajstić information content (AvgIpc) is 2.31. The molecule has 90 valence electrons. The number of hydrogen-bond acceptors (Lipinski definition) is 3. The van der Waals surface area contributed by atoms with E-state index in [1.807, 2.05) is 6.07 Å². The lowest BCUT2D eigenvalue weighted by Gasteiger charge is -2.09. The van der Waals surface area contributed by atoms with Gasteiger partial charge in [-0.2, -0.15) is 5.26 Å². The summed E-state index contributed by atoms with van der Waals surface area (Å²) < 4.78 is 4.83. The number of ether oxygens (including phenoxy) is 1. The number of esters is 1. The van der Waals surface area contributed by atoms with Gasteiger partial charge in [-0.05, 0) is 24.1 Å². The first-order valence-corrected chi connectivity index (χ1v) is 5.97. The predicted molar refractivity (Wildman–Crippen MR) is 66.1 cm³/mol. The summed E-state index contributed by atoms with van der Waals surface area (Å²) in [5.74, 6) is -0.201. The molecule has 0 N–H and O–H groups in total. The highest BCUT2D eigenvalue weighted by atomic mass is 35.5. The van der Waals surface area contributed by atoms with E-state index >= 15 is 0 Å². The Kier molecular flexibility index (Phi) is 5.27. The molecule has 5 heteroatoms. The second kappa shape index (κ2) is 6.48. The van der Waals surface area contributed by atoms with Gasteiger partial charge in [0.1, 0.15) is 0 Å². The number of rotatable bonds is 4. The fraction of sp³-hybridized carbons (Fsp3) is 0.333. The third-order valence-corrected chi connectivity index (χ3v) is 2.87. The van der Waals surface area contributed by atoms with Crippen LogP contribution in [0, 0.1) is 11.3 Å². The van der Waals surface area contributed by atoms with Gasteiger partial charge in [0.2, 0.25) is 0 Å². The number of nitriles is 1. The molecule has 0 unspecified atom stereocenters. The molecule has 1 aromatic rings. The number of carbonyl (C=O) groups excluding carboxylic acids is 1. The van der Waals surface area contributed by atoms with E-state index in [1.165, 1.54) is 0 Å². The van der Waals surface area contributed by atoms with Crippen LogP contribution in [0.2, 0.25) is 5.02 Å². The second-order valence-electron chi connectivity index (χ2n) is 3.29. The molecule has 0 aromatic heterocycles. The summed E-state index contributed by atoms with van der Waals surface area (Å²) in [4.78, 5) is 11.4. The third kappa shape index (κ3) is 3.36. The van der Waals surface area contributed by atoms with Gasteiger partial charge in [0.05, 0.1) is 24.7 Å². The normalized spacial score (nSPS) is 9.76. The SMILES string of the molecule is CCOC(=O)Cc1c(Cl)ccc(CCl)c1C#N. The number of benzene rings is 1. The Balaban J connectivity index is 3.13. The Morgan fingerprint density at radius 3 is 2.76 bits per heavy atom. The van der Waals surface area contributed by atoms with Crippen LogP contribution in [-0.4, -0.2) is 12.6 Å². The average molecular weight is 272 g/mol. The van der Waals surface area contributed by atoms with E-state index in [9.17, 15) is 4.79 Å². The Morgan fingerprint density at radius 1 is 1.53 bits per heavy atom. The fourth-order valence-corrected chi connectivity index (χ4v) is 1.90. The number of nitrogens with zero attached hydrogens (tertiary/aromatic N) is 1. The molecular weight excluding hydrogens is 261 g/mol. The number of carbonyl (C=O) groups is 1. The molecule has 0 aliphatic carbocycles. The van der Waals surface area contributed by atoms with Gasteiger partial charge in [0.15, 0.2) is 0 Å². The summed E-state index contributed by atoms with van der Waals surface area (Å²) in [6.45, 7) is 2.02. The van der Waals surface area contributed by atoms with Crippen LogP contribution in [0.1, 0.15) is 23.6 Å². The van der Waals surface area contributed by atoms with E-state index in [0.717, 1.165) is 0 Å². The first kappa shape index (κ1) is 13.8. The van der Waals surface area contributed by atoms with Gasteiger partial charge in [-0.25, -0.2) is 0 Å². The van der Waals surface area contributed by atoms with E-state index in [-0.39, 0.29) is 12.3 Å². The van der Waals surface area contributed by atoms with Crippen LogP contribution >= 0.6 is 23.2 Å². The molecule has 0 amide bonds. The van der Waals surface area contributed by atoms with Crippen LogP contribution < -0.4 is 0 Å². The first-order valence-electron chi connectivity index (χ1n) is 5.06. The van der Waals surface area contributed by atoms with Crippen LogP contribution in [-0.2, 0) is 21.8 Å². The van der Waals surface area contributed by atoms with E-state index in [4.69, 9.17) is 33.2 Å². The minimum absolute atomic E-state index is 0.0136. The molecule has 0 fully saturated rings. The van der Waals surface area contributed by atoms with Gasteiger partial charge in [0.25, 0.3) is 0 Å². The molecule has 0 radical (unpaired) electrons.